The average molecular weight is 442 g/mol. The minimum absolute atomic E-state index is 0.0119. The van der Waals surface area contributed by atoms with Gasteiger partial charge in [-0.05, 0) is 74.6 Å². The molecule has 0 radical (unpaired) electrons. The number of benzene rings is 2. The number of amides is 2. The number of piperidine rings is 1. The summed E-state index contributed by atoms with van der Waals surface area (Å²) in [5.41, 5.74) is 4.36. The molecule has 6 rings (SSSR count). The minimum atomic E-state index is -0.0119. The van der Waals surface area contributed by atoms with Crippen molar-refractivity contribution in [3.63, 3.8) is 0 Å². The van der Waals surface area contributed by atoms with Crippen LogP contribution in [-0.2, 0) is 4.79 Å². The van der Waals surface area contributed by atoms with Crippen molar-refractivity contribution in [2.45, 2.75) is 37.6 Å². The van der Waals surface area contributed by atoms with Crippen LogP contribution in [-0.4, -0.2) is 51.9 Å². The normalized spacial score (nSPS) is 22.3. The van der Waals surface area contributed by atoms with Gasteiger partial charge in [-0.2, -0.15) is 0 Å². The SMILES string of the molecule is O=C(Nc1ccc(C(=O)N2CCC[C@]3(CCN3c3ccc4nccnc4c3)C2)cc1)C1CC1. The maximum Gasteiger partial charge on any atom is 0.253 e. The van der Waals surface area contributed by atoms with E-state index in [4.69, 9.17) is 0 Å². The van der Waals surface area contributed by atoms with Crippen molar-refractivity contribution in [3.05, 3.63) is 60.4 Å². The van der Waals surface area contributed by atoms with Gasteiger partial charge >= 0.3 is 0 Å². The molecule has 168 valence electrons. The number of carbonyl (C=O) groups is 2. The predicted octanol–water partition coefficient (Wildman–Crippen LogP) is 3.86. The summed E-state index contributed by atoms with van der Waals surface area (Å²) in [4.78, 5) is 38.5. The van der Waals surface area contributed by atoms with Crippen LogP contribution in [0.1, 0.15) is 42.5 Å². The summed E-state index contributed by atoms with van der Waals surface area (Å²) < 4.78 is 0. The largest absolute Gasteiger partial charge is 0.364 e. The Morgan fingerprint density at radius 1 is 0.939 bits per heavy atom. The average Bonchev–Trinajstić information content (AvgIpc) is 3.69. The van der Waals surface area contributed by atoms with Crippen LogP contribution in [0.5, 0.6) is 0 Å². The Kier molecular flexibility index (Phi) is 4.78. The lowest BCUT2D eigenvalue weighted by Gasteiger charge is -2.58. The number of hydrogen-bond donors (Lipinski definition) is 1. The number of carbonyl (C=O) groups excluding carboxylic acids is 2. The first-order valence-electron chi connectivity index (χ1n) is 11.8. The van der Waals surface area contributed by atoms with Crippen LogP contribution < -0.4 is 10.2 Å². The molecule has 1 N–H and O–H groups in total. The van der Waals surface area contributed by atoms with Gasteiger partial charge in [0.2, 0.25) is 5.91 Å². The zero-order valence-corrected chi connectivity index (χ0v) is 18.5. The van der Waals surface area contributed by atoms with Gasteiger partial charge in [0, 0.05) is 54.9 Å². The quantitative estimate of drug-likeness (QED) is 0.665. The molecule has 3 heterocycles. The second-order valence-electron chi connectivity index (χ2n) is 9.53. The molecule has 1 saturated carbocycles. The fourth-order valence-electron chi connectivity index (χ4n) is 5.24. The second-order valence-corrected chi connectivity index (χ2v) is 9.53. The van der Waals surface area contributed by atoms with E-state index in [9.17, 15) is 9.59 Å². The first-order valence-corrected chi connectivity index (χ1v) is 11.8. The van der Waals surface area contributed by atoms with E-state index in [1.165, 1.54) is 0 Å². The third-order valence-corrected chi connectivity index (χ3v) is 7.33. The van der Waals surface area contributed by atoms with E-state index in [2.05, 4.69) is 32.3 Å². The number of anilines is 2. The molecule has 2 aliphatic heterocycles. The molecule has 3 aromatic rings. The summed E-state index contributed by atoms with van der Waals surface area (Å²) in [5.74, 6) is 0.304. The van der Waals surface area contributed by atoms with E-state index in [0.717, 1.165) is 74.1 Å². The number of aromatic nitrogens is 2. The van der Waals surface area contributed by atoms with Crippen molar-refractivity contribution in [1.82, 2.24) is 14.9 Å². The number of fused-ring (bicyclic) bond motifs is 1. The highest BCUT2D eigenvalue weighted by Crippen LogP contribution is 2.42. The Bertz CT molecular complexity index is 1220. The van der Waals surface area contributed by atoms with Crippen molar-refractivity contribution >= 4 is 34.2 Å². The molecule has 0 bridgehead atoms. The molecule has 33 heavy (non-hydrogen) atoms. The Balaban J connectivity index is 1.17. The number of rotatable bonds is 4. The summed E-state index contributed by atoms with van der Waals surface area (Å²) in [6.45, 7) is 2.49. The molecule has 1 aliphatic carbocycles. The second kappa shape index (κ2) is 7.83. The molecule has 3 aliphatic rings. The van der Waals surface area contributed by atoms with Gasteiger partial charge in [0.05, 0.1) is 16.6 Å². The molecule has 7 nitrogen and oxygen atoms in total. The Morgan fingerprint density at radius 2 is 1.73 bits per heavy atom. The van der Waals surface area contributed by atoms with Crippen LogP contribution in [0.3, 0.4) is 0 Å². The van der Waals surface area contributed by atoms with Crippen LogP contribution in [0.15, 0.2) is 54.9 Å². The smallest absolute Gasteiger partial charge is 0.253 e. The number of hydrogen-bond acceptors (Lipinski definition) is 5. The van der Waals surface area contributed by atoms with Gasteiger partial charge in [-0.1, -0.05) is 0 Å². The van der Waals surface area contributed by atoms with Gasteiger partial charge in [-0.15, -0.1) is 0 Å². The summed E-state index contributed by atoms with van der Waals surface area (Å²) in [7, 11) is 0. The monoisotopic (exact) mass is 441 g/mol. The lowest BCUT2D eigenvalue weighted by Crippen LogP contribution is -2.67. The maximum absolute atomic E-state index is 13.3. The minimum Gasteiger partial charge on any atom is -0.364 e. The molecule has 1 atom stereocenters. The van der Waals surface area contributed by atoms with Crippen LogP contribution in [0, 0.1) is 5.92 Å². The molecule has 7 heteroatoms. The van der Waals surface area contributed by atoms with Crippen molar-refractivity contribution < 1.29 is 9.59 Å². The van der Waals surface area contributed by atoms with Crippen LogP contribution in [0.4, 0.5) is 11.4 Å². The van der Waals surface area contributed by atoms with Gasteiger partial charge in [0.25, 0.3) is 5.91 Å². The van der Waals surface area contributed by atoms with Crippen molar-refractivity contribution in [2.75, 3.05) is 29.9 Å². The predicted molar refractivity (Wildman–Crippen MR) is 127 cm³/mol. The maximum atomic E-state index is 13.3. The lowest BCUT2D eigenvalue weighted by molar-refractivity contribution is -0.117. The van der Waals surface area contributed by atoms with E-state index in [1.54, 1.807) is 12.4 Å². The summed E-state index contributed by atoms with van der Waals surface area (Å²) in [5, 5.41) is 2.94. The van der Waals surface area contributed by atoms with E-state index in [1.807, 2.05) is 35.2 Å². The van der Waals surface area contributed by atoms with Gasteiger partial charge in [0.15, 0.2) is 0 Å². The molecule has 2 saturated heterocycles. The summed E-state index contributed by atoms with van der Waals surface area (Å²) in [6.07, 6.45) is 8.55. The van der Waals surface area contributed by atoms with Crippen molar-refractivity contribution in [3.8, 4) is 0 Å². The highest BCUT2D eigenvalue weighted by atomic mass is 16.2. The first-order chi connectivity index (χ1) is 16.1. The number of nitrogens with zero attached hydrogens (tertiary/aromatic N) is 4. The fraction of sp³-hybridized carbons (Fsp3) is 0.385. The van der Waals surface area contributed by atoms with E-state index in [0.29, 0.717) is 5.56 Å². The first kappa shape index (κ1) is 20.1. The van der Waals surface area contributed by atoms with Crippen LogP contribution in [0.25, 0.3) is 11.0 Å². The molecule has 2 aromatic carbocycles. The fourth-order valence-corrected chi connectivity index (χ4v) is 5.24. The van der Waals surface area contributed by atoms with E-state index < -0.39 is 0 Å². The number of nitrogens with one attached hydrogen (secondary N) is 1. The van der Waals surface area contributed by atoms with Crippen LogP contribution >= 0.6 is 0 Å². The third-order valence-electron chi connectivity index (χ3n) is 7.33. The van der Waals surface area contributed by atoms with Crippen molar-refractivity contribution in [2.24, 2.45) is 5.92 Å². The molecule has 0 unspecified atom stereocenters. The summed E-state index contributed by atoms with van der Waals surface area (Å²) >= 11 is 0. The molecule has 1 aromatic heterocycles. The number of likely N-dealkylation sites (tertiary alicyclic amines) is 1. The molecule has 3 fully saturated rings. The molecule has 1 spiro atoms. The van der Waals surface area contributed by atoms with Gasteiger partial charge in [0.1, 0.15) is 0 Å². The standard InChI is InChI=1S/C26H27N5O2/c32-24(18-2-3-18)29-20-6-4-19(5-7-20)25(33)30-14-1-10-26(17-30)11-15-31(26)21-8-9-22-23(16-21)28-13-12-27-22/h4-9,12-13,16,18H,1-3,10-11,14-15,17H2,(H,29,32)/t26-/m0/s1. The molecular formula is C26H27N5O2. The summed E-state index contributed by atoms with van der Waals surface area (Å²) in [6, 6.07) is 13.6. The van der Waals surface area contributed by atoms with Gasteiger partial charge in [-0.3, -0.25) is 19.6 Å². The van der Waals surface area contributed by atoms with Crippen molar-refractivity contribution in [1.29, 1.82) is 0 Å². The van der Waals surface area contributed by atoms with Gasteiger partial charge < -0.3 is 15.1 Å². The third kappa shape index (κ3) is 3.71. The van der Waals surface area contributed by atoms with Crippen LogP contribution in [0.2, 0.25) is 0 Å². The highest BCUT2D eigenvalue weighted by Gasteiger charge is 2.48. The zero-order valence-electron chi connectivity index (χ0n) is 18.5. The molecular weight excluding hydrogens is 414 g/mol. The van der Waals surface area contributed by atoms with Gasteiger partial charge in [-0.25, -0.2) is 0 Å². The van der Waals surface area contributed by atoms with E-state index >= 15 is 0 Å². The Hall–Kier alpha value is -3.48. The Labute approximate surface area is 192 Å². The molecule has 2 amide bonds. The lowest BCUT2D eigenvalue weighted by atomic mass is 9.77. The topological polar surface area (TPSA) is 78.4 Å². The van der Waals surface area contributed by atoms with E-state index in [-0.39, 0.29) is 23.3 Å². The zero-order chi connectivity index (χ0) is 22.4. The highest BCUT2D eigenvalue weighted by molar-refractivity contribution is 5.97. The Morgan fingerprint density at radius 3 is 2.45 bits per heavy atom.